The lowest BCUT2D eigenvalue weighted by molar-refractivity contribution is 1.18. The Morgan fingerprint density at radius 2 is 0.775 bits per heavy atom. The highest BCUT2D eigenvalue weighted by Gasteiger charge is 2.21. The fraction of sp³-hybridized carbons (Fsp3) is 0. The summed E-state index contributed by atoms with van der Waals surface area (Å²) in [6.45, 7) is 0. The highest BCUT2D eigenvalue weighted by Crippen LogP contribution is 2.46. The van der Waals surface area contributed by atoms with Crippen molar-refractivity contribution in [1.82, 2.24) is 18.7 Å². The van der Waals surface area contributed by atoms with Gasteiger partial charge in [-0.2, -0.15) is 0 Å². The van der Waals surface area contributed by atoms with Crippen LogP contribution in [-0.4, -0.2) is 18.7 Å². The van der Waals surface area contributed by atoms with Gasteiger partial charge >= 0.3 is 0 Å². The standard InChI is InChI=1S/C65H38N4S2/c1-6-22-56-45(15-1)46-16-2-7-23-57(46)67(56)41-14-11-13-39(33-41)44-20-12-21-50-53-35-42(28-30-62(53)70-64(44)50)68-60-26-10-5-19-49(60)52-34-40(27-29-61(52)68)51-36-43(37-54-55-38-66-32-31-63(55)71-65(51)54)69-58-24-8-3-17-47(58)48-18-4-9-25-59(48)69/h1-38H. The molecule has 0 aliphatic rings. The molecule has 16 rings (SSSR count). The van der Waals surface area contributed by atoms with E-state index in [4.69, 9.17) is 0 Å². The van der Waals surface area contributed by atoms with Crippen molar-refractivity contribution in [2.45, 2.75) is 0 Å². The Hall–Kier alpha value is -8.81. The van der Waals surface area contributed by atoms with E-state index in [9.17, 15) is 0 Å². The minimum absolute atomic E-state index is 1.14. The maximum Gasteiger partial charge on any atom is 0.0541 e. The van der Waals surface area contributed by atoms with Crippen LogP contribution < -0.4 is 0 Å². The zero-order valence-electron chi connectivity index (χ0n) is 38.0. The Morgan fingerprint density at radius 1 is 0.282 bits per heavy atom. The molecule has 0 radical (unpaired) electrons. The molecule has 0 spiro atoms. The van der Waals surface area contributed by atoms with Gasteiger partial charge in [0.1, 0.15) is 0 Å². The van der Waals surface area contributed by atoms with Crippen molar-refractivity contribution in [3.63, 3.8) is 0 Å². The van der Waals surface area contributed by atoms with Crippen molar-refractivity contribution in [3.8, 4) is 39.3 Å². The number of aromatic nitrogens is 4. The number of hydrogen-bond donors (Lipinski definition) is 0. The van der Waals surface area contributed by atoms with Crippen molar-refractivity contribution in [3.05, 3.63) is 231 Å². The summed E-state index contributed by atoms with van der Waals surface area (Å²) >= 11 is 3.74. The summed E-state index contributed by atoms with van der Waals surface area (Å²) < 4.78 is 12.4. The average Bonchev–Trinajstić information content (AvgIpc) is 4.24. The monoisotopic (exact) mass is 938 g/mol. The SMILES string of the molecule is c1cc(-c2cccc3c2sc2ccc(-n4c5ccccc5c5cc(-c6cc(-n7c8ccccc8c8ccccc87)cc7c6sc6ccncc67)ccc54)cc23)cc(-n2c3ccccc3c3ccccc32)c1. The first-order chi connectivity index (χ1) is 35.2. The molecule has 0 aliphatic heterocycles. The molecular weight excluding hydrogens is 901 g/mol. The Labute approximate surface area is 414 Å². The van der Waals surface area contributed by atoms with E-state index >= 15 is 0 Å². The highest BCUT2D eigenvalue weighted by molar-refractivity contribution is 7.26. The van der Waals surface area contributed by atoms with E-state index in [0.29, 0.717) is 0 Å². The van der Waals surface area contributed by atoms with Gasteiger partial charge in [0, 0.05) is 108 Å². The Bertz CT molecular complexity index is 4800. The summed E-state index contributed by atoms with van der Waals surface area (Å²) in [6.07, 6.45) is 3.94. The molecule has 0 saturated carbocycles. The van der Waals surface area contributed by atoms with Gasteiger partial charge in [0.2, 0.25) is 0 Å². The van der Waals surface area contributed by atoms with Crippen LogP contribution in [0.2, 0.25) is 0 Å². The van der Waals surface area contributed by atoms with Crippen LogP contribution in [0.15, 0.2) is 231 Å². The number of nitrogens with zero attached hydrogens (tertiary/aromatic N) is 4. The summed E-state index contributed by atoms with van der Waals surface area (Å²) in [5.41, 5.74) is 15.6. The topological polar surface area (TPSA) is 27.7 Å². The molecule has 0 unspecified atom stereocenters. The molecule has 6 heteroatoms. The average molecular weight is 939 g/mol. The van der Waals surface area contributed by atoms with E-state index in [-0.39, 0.29) is 0 Å². The second-order valence-corrected chi connectivity index (χ2v) is 20.8. The first kappa shape index (κ1) is 39.1. The molecule has 0 N–H and O–H groups in total. The number of fused-ring (bicyclic) bond motifs is 15. The normalized spacial score (nSPS) is 12.2. The van der Waals surface area contributed by atoms with E-state index < -0.39 is 0 Å². The molecule has 0 saturated heterocycles. The molecule has 0 bridgehead atoms. The van der Waals surface area contributed by atoms with Gasteiger partial charge in [-0.25, -0.2) is 0 Å². The largest absolute Gasteiger partial charge is 0.309 e. The van der Waals surface area contributed by atoms with E-state index in [1.807, 2.05) is 35.1 Å². The van der Waals surface area contributed by atoms with Crippen molar-refractivity contribution >= 4 is 128 Å². The first-order valence-electron chi connectivity index (χ1n) is 24.1. The number of benzene rings is 10. The second-order valence-electron chi connectivity index (χ2n) is 18.7. The van der Waals surface area contributed by atoms with Crippen LogP contribution in [0.25, 0.3) is 145 Å². The maximum atomic E-state index is 4.61. The number of hydrogen-bond acceptors (Lipinski definition) is 3. The van der Waals surface area contributed by atoms with Gasteiger partial charge in [-0.05, 0) is 108 Å². The smallest absolute Gasteiger partial charge is 0.0541 e. The molecule has 6 heterocycles. The van der Waals surface area contributed by atoms with Crippen LogP contribution >= 0.6 is 22.7 Å². The van der Waals surface area contributed by atoms with E-state index in [1.54, 1.807) is 0 Å². The lowest BCUT2D eigenvalue weighted by atomic mass is 9.99. The van der Waals surface area contributed by atoms with E-state index in [1.165, 1.54) is 128 Å². The molecule has 6 aromatic heterocycles. The molecule has 0 aliphatic carbocycles. The van der Waals surface area contributed by atoms with Gasteiger partial charge < -0.3 is 13.7 Å². The molecule has 10 aromatic carbocycles. The minimum Gasteiger partial charge on any atom is -0.309 e. The predicted molar refractivity (Wildman–Crippen MR) is 304 cm³/mol. The van der Waals surface area contributed by atoms with Crippen molar-refractivity contribution in [2.75, 3.05) is 0 Å². The van der Waals surface area contributed by atoms with Gasteiger partial charge in [-0.1, -0.05) is 127 Å². The number of pyridine rings is 1. The van der Waals surface area contributed by atoms with Crippen LogP contribution in [0, 0.1) is 0 Å². The van der Waals surface area contributed by atoms with Gasteiger partial charge in [0.05, 0.1) is 33.1 Å². The third-order valence-electron chi connectivity index (χ3n) is 14.9. The quantitative estimate of drug-likeness (QED) is 0.169. The minimum atomic E-state index is 1.14. The van der Waals surface area contributed by atoms with Gasteiger partial charge in [-0.15, -0.1) is 22.7 Å². The van der Waals surface area contributed by atoms with Crippen LogP contribution in [0.1, 0.15) is 0 Å². The van der Waals surface area contributed by atoms with Gasteiger partial charge in [0.15, 0.2) is 0 Å². The Balaban J connectivity index is 0.856. The summed E-state index contributed by atoms with van der Waals surface area (Å²) in [4.78, 5) is 4.61. The molecule has 4 nitrogen and oxygen atoms in total. The summed E-state index contributed by atoms with van der Waals surface area (Å²) in [6, 6.07) is 80.9. The third-order valence-corrected chi connectivity index (χ3v) is 17.4. The van der Waals surface area contributed by atoms with Gasteiger partial charge in [0.25, 0.3) is 0 Å². The summed E-state index contributed by atoms with van der Waals surface area (Å²) in [5.74, 6) is 0. The van der Waals surface area contributed by atoms with Crippen molar-refractivity contribution in [1.29, 1.82) is 0 Å². The molecular formula is C65H38N4S2. The molecule has 16 aromatic rings. The van der Waals surface area contributed by atoms with Gasteiger partial charge in [-0.3, -0.25) is 4.98 Å². The molecule has 0 atom stereocenters. The summed E-state index contributed by atoms with van der Waals surface area (Å²) in [7, 11) is 0. The molecule has 0 fully saturated rings. The van der Waals surface area contributed by atoms with Crippen LogP contribution in [0.4, 0.5) is 0 Å². The van der Waals surface area contributed by atoms with Crippen LogP contribution in [0.3, 0.4) is 0 Å². The zero-order chi connectivity index (χ0) is 46.3. The lowest BCUT2D eigenvalue weighted by Gasteiger charge is -2.13. The fourth-order valence-corrected chi connectivity index (χ4v) is 14.2. The van der Waals surface area contributed by atoms with Crippen LogP contribution in [-0.2, 0) is 0 Å². The molecule has 0 amide bonds. The van der Waals surface area contributed by atoms with Crippen molar-refractivity contribution in [2.24, 2.45) is 0 Å². The number of para-hydroxylation sites is 5. The lowest BCUT2D eigenvalue weighted by Crippen LogP contribution is -1.95. The zero-order valence-corrected chi connectivity index (χ0v) is 39.7. The van der Waals surface area contributed by atoms with E-state index in [0.717, 1.165) is 17.1 Å². The molecule has 71 heavy (non-hydrogen) atoms. The second kappa shape index (κ2) is 14.8. The van der Waals surface area contributed by atoms with Crippen LogP contribution in [0.5, 0.6) is 0 Å². The van der Waals surface area contributed by atoms with E-state index in [2.05, 4.69) is 237 Å². The fourth-order valence-electron chi connectivity index (χ4n) is 11.8. The maximum absolute atomic E-state index is 4.61. The number of rotatable bonds is 5. The third kappa shape index (κ3) is 5.63. The van der Waals surface area contributed by atoms with Crippen molar-refractivity contribution < 1.29 is 0 Å². The Kier molecular flexibility index (Phi) is 8.17. The number of thiophene rings is 2. The predicted octanol–water partition coefficient (Wildman–Crippen LogP) is 18.4. The Morgan fingerprint density at radius 3 is 1.42 bits per heavy atom. The first-order valence-corrected chi connectivity index (χ1v) is 25.7. The summed E-state index contributed by atoms with van der Waals surface area (Å²) in [5, 5.41) is 12.5. The highest BCUT2D eigenvalue weighted by atomic mass is 32.1. The molecule has 330 valence electrons.